The lowest BCUT2D eigenvalue weighted by Gasteiger charge is -2.17. The number of carbonyl (C=O) groups is 1. The molecule has 1 N–H and O–H groups in total. The molecule has 5 rings (SSSR count). The van der Waals surface area contributed by atoms with Crippen LogP contribution in [0.1, 0.15) is 39.3 Å². The first kappa shape index (κ1) is 27.1. The molecular formula is C27H24F2N10O2. The second kappa shape index (κ2) is 10.6. The van der Waals surface area contributed by atoms with Crippen molar-refractivity contribution in [3.63, 3.8) is 0 Å². The Kier molecular flexibility index (Phi) is 7.02. The molecule has 0 aliphatic rings. The van der Waals surface area contributed by atoms with Gasteiger partial charge in [-0.25, -0.2) is 23.4 Å². The lowest BCUT2D eigenvalue weighted by Crippen LogP contribution is -2.24. The molecule has 208 valence electrons. The van der Waals surface area contributed by atoms with Gasteiger partial charge in [0, 0.05) is 25.9 Å². The van der Waals surface area contributed by atoms with Crippen LogP contribution in [-0.2, 0) is 0 Å². The number of amides is 1. The zero-order chi connectivity index (χ0) is 29.4. The topological polar surface area (TPSA) is 140 Å². The maximum absolute atomic E-state index is 13.9. The monoisotopic (exact) mass is 558 g/mol. The molecule has 1 amide bonds. The van der Waals surface area contributed by atoms with E-state index in [1.165, 1.54) is 47.4 Å². The minimum absolute atomic E-state index is 0.0847. The van der Waals surface area contributed by atoms with Gasteiger partial charge in [-0.05, 0) is 43.7 Å². The summed E-state index contributed by atoms with van der Waals surface area (Å²) in [5, 5.41) is 24.6. The van der Waals surface area contributed by atoms with E-state index in [-0.39, 0.29) is 28.8 Å². The Morgan fingerprint density at radius 1 is 1.20 bits per heavy atom. The first-order valence-corrected chi connectivity index (χ1v) is 12.3. The van der Waals surface area contributed by atoms with Crippen molar-refractivity contribution < 1.29 is 18.3 Å². The average molecular weight is 559 g/mol. The van der Waals surface area contributed by atoms with Gasteiger partial charge in [0.15, 0.2) is 17.3 Å². The number of nitrogens with one attached hydrogen (secondary N) is 1. The number of carbonyl (C=O) groups excluding carboxylic acids is 1. The Labute approximate surface area is 232 Å². The van der Waals surface area contributed by atoms with E-state index < -0.39 is 6.43 Å². The number of aryl methyl sites for hydroxylation is 2. The number of hydrogen-bond acceptors (Lipinski definition) is 9. The summed E-state index contributed by atoms with van der Waals surface area (Å²) in [5.74, 6) is 0.608. The highest BCUT2D eigenvalue weighted by molar-refractivity contribution is 6.00. The van der Waals surface area contributed by atoms with Gasteiger partial charge in [0.05, 0.1) is 41.2 Å². The molecule has 4 heterocycles. The Morgan fingerprint density at radius 2 is 1.98 bits per heavy atom. The zero-order valence-electron chi connectivity index (χ0n) is 22.7. The van der Waals surface area contributed by atoms with Crippen LogP contribution in [-0.4, -0.2) is 66.5 Å². The lowest BCUT2D eigenvalue weighted by molar-refractivity contribution is 0.0827. The van der Waals surface area contributed by atoms with Crippen LogP contribution in [0.2, 0.25) is 0 Å². The highest BCUT2D eigenvalue weighted by Gasteiger charge is 2.22. The quantitative estimate of drug-likeness (QED) is 0.310. The number of methoxy groups -OCH3 is 1. The number of pyridine rings is 1. The summed E-state index contributed by atoms with van der Waals surface area (Å²) in [7, 11) is 4.78. The maximum atomic E-state index is 13.9. The summed E-state index contributed by atoms with van der Waals surface area (Å²) >= 11 is 0. The molecule has 0 spiro atoms. The molecule has 4 aromatic heterocycles. The predicted octanol–water partition coefficient (Wildman–Crippen LogP) is 4.28. The normalized spacial score (nSPS) is 11.1. The Balaban J connectivity index is 1.60. The van der Waals surface area contributed by atoms with Gasteiger partial charge in [-0.15, -0.1) is 5.10 Å². The molecule has 0 fully saturated rings. The average Bonchev–Trinajstić information content (AvgIpc) is 3.54. The Morgan fingerprint density at radius 3 is 2.63 bits per heavy atom. The fourth-order valence-corrected chi connectivity index (χ4v) is 4.34. The number of hydrogen-bond donors (Lipinski definition) is 1. The molecule has 1 aromatic carbocycles. The van der Waals surface area contributed by atoms with Crippen molar-refractivity contribution in [2.75, 3.05) is 26.5 Å². The largest absolute Gasteiger partial charge is 0.494 e. The van der Waals surface area contributed by atoms with E-state index in [4.69, 9.17) is 4.74 Å². The van der Waals surface area contributed by atoms with Crippen LogP contribution in [0.3, 0.4) is 0 Å². The van der Waals surface area contributed by atoms with Crippen LogP contribution in [0.25, 0.3) is 22.7 Å². The van der Waals surface area contributed by atoms with Gasteiger partial charge < -0.3 is 15.0 Å². The van der Waals surface area contributed by atoms with E-state index >= 15 is 0 Å². The Bertz CT molecular complexity index is 1840. The van der Waals surface area contributed by atoms with E-state index in [1.807, 2.05) is 6.07 Å². The van der Waals surface area contributed by atoms with Crippen LogP contribution in [0, 0.1) is 25.2 Å². The van der Waals surface area contributed by atoms with Crippen molar-refractivity contribution in [1.29, 1.82) is 5.26 Å². The maximum Gasteiger partial charge on any atom is 0.267 e. The third kappa shape index (κ3) is 4.89. The van der Waals surface area contributed by atoms with Crippen molar-refractivity contribution in [3.05, 3.63) is 70.9 Å². The number of halogens is 2. The summed E-state index contributed by atoms with van der Waals surface area (Å²) in [6.45, 7) is 3.42. The number of rotatable bonds is 7. The van der Waals surface area contributed by atoms with Crippen LogP contribution in [0.4, 0.5) is 20.3 Å². The zero-order valence-corrected chi connectivity index (χ0v) is 22.7. The first-order chi connectivity index (χ1) is 19.6. The Hall–Kier alpha value is -5.45. The third-order valence-electron chi connectivity index (χ3n) is 6.36. The summed E-state index contributed by atoms with van der Waals surface area (Å²) in [6.07, 6.45) is 0.200. The molecule has 0 bridgehead atoms. The minimum atomic E-state index is -2.82. The van der Waals surface area contributed by atoms with Crippen LogP contribution >= 0.6 is 0 Å². The minimum Gasteiger partial charge on any atom is -0.494 e. The van der Waals surface area contributed by atoms with E-state index in [2.05, 4.69) is 30.6 Å². The highest BCUT2D eigenvalue weighted by atomic mass is 19.3. The van der Waals surface area contributed by atoms with E-state index in [9.17, 15) is 18.8 Å². The second-order valence-corrected chi connectivity index (χ2v) is 9.31. The summed E-state index contributed by atoms with van der Waals surface area (Å²) < 4.78 is 36.3. The fourth-order valence-electron chi connectivity index (χ4n) is 4.34. The molecule has 0 saturated heterocycles. The number of ether oxygens (including phenoxy) is 1. The van der Waals surface area contributed by atoms with Crippen molar-refractivity contribution in [3.8, 4) is 23.5 Å². The number of alkyl halides is 2. The molecular weight excluding hydrogens is 534 g/mol. The molecule has 41 heavy (non-hydrogen) atoms. The van der Waals surface area contributed by atoms with Crippen LogP contribution < -0.4 is 10.1 Å². The van der Waals surface area contributed by atoms with Gasteiger partial charge in [-0.1, -0.05) is 0 Å². The third-order valence-corrected chi connectivity index (χ3v) is 6.36. The number of nitriles is 1. The molecule has 0 atom stereocenters. The molecule has 0 aliphatic carbocycles. The van der Waals surface area contributed by atoms with Crippen LogP contribution in [0.5, 0.6) is 5.75 Å². The number of anilines is 2. The van der Waals surface area contributed by atoms with Gasteiger partial charge in [0.2, 0.25) is 0 Å². The second-order valence-electron chi connectivity index (χ2n) is 9.31. The van der Waals surface area contributed by atoms with Gasteiger partial charge in [-0.2, -0.15) is 15.5 Å². The molecule has 0 radical (unpaired) electrons. The summed E-state index contributed by atoms with van der Waals surface area (Å²) in [4.78, 5) is 23.2. The molecule has 14 heteroatoms. The van der Waals surface area contributed by atoms with Crippen molar-refractivity contribution in [2.45, 2.75) is 20.3 Å². The van der Waals surface area contributed by atoms with Crippen molar-refractivity contribution in [1.82, 2.24) is 39.4 Å². The number of fused-ring (bicyclic) bond motifs is 1. The SMILES string of the molecule is COc1cc2c(cc1Nc1nncc(C)c1C(=O)N(C)C)ncn2-c1ccc(C(F)F)c(-n2nc(C#N)cc2C)n1. The smallest absolute Gasteiger partial charge is 0.267 e. The predicted molar refractivity (Wildman–Crippen MR) is 145 cm³/mol. The fraction of sp³-hybridized carbons (Fsp3) is 0.222. The molecule has 0 aliphatic heterocycles. The number of benzene rings is 1. The first-order valence-electron chi connectivity index (χ1n) is 12.3. The molecule has 0 saturated carbocycles. The van der Waals surface area contributed by atoms with Crippen LogP contribution in [0.15, 0.2) is 42.9 Å². The highest BCUT2D eigenvalue weighted by Crippen LogP contribution is 2.34. The van der Waals surface area contributed by atoms with E-state index in [0.29, 0.717) is 45.1 Å². The van der Waals surface area contributed by atoms with Crippen molar-refractivity contribution in [2.24, 2.45) is 0 Å². The summed E-state index contributed by atoms with van der Waals surface area (Å²) in [5.41, 5.74) is 2.82. The number of aromatic nitrogens is 7. The standard InChI is InChI=1S/C27H24F2N10O2/c1-14-12-32-35-25(23(14)27(40)37(3)4)33-19-9-18-20(10-21(19)41-5)38(13-31-18)22-7-6-17(24(28)29)26(34-22)39-15(2)8-16(11-30)36-39/h6-10,12-13,24H,1-5H3,(H,33,35). The molecule has 12 nitrogen and oxygen atoms in total. The number of imidazole rings is 1. The summed E-state index contributed by atoms with van der Waals surface area (Å²) in [6, 6.07) is 9.55. The number of nitrogens with zero attached hydrogens (tertiary/aromatic N) is 9. The molecule has 0 unspecified atom stereocenters. The van der Waals surface area contributed by atoms with Gasteiger partial charge in [0.25, 0.3) is 12.3 Å². The van der Waals surface area contributed by atoms with E-state index in [1.54, 1.807) is 44.6 Å². The van der Waals surface area contributed by atoms with Gasteiger partial charge in [0.1, 0.15) is 24.0 Å². The lowest BCUT2D eigenvalue weighted by atomic mass is 10.1. The van der Waals surface area contributed by atoms with E-state index in [0.717, 1.165) is 0 Å². The van der Waals surface area contributed by atoms with Gasteiger partial charge in [-0.3, -0.25) is 9.36 Å². The molecule has 5 aromatic rings. The van der Waals surface area contributed by atoms with Crippen molar-refractivity contribution >= 4 is 28.4 Å². The van der Waals surface area contributed by atoms with Gasteiger partial charge >= 0.3 is 0 Å².